The molecule has 6 N–H and O–H groups in total. The highest BCUT2D eigenvalue weighted by Crippen LogP contribution is 2.24. The molecule has 1 aromatic heterocycles. The van der Waals surface area contributed by atoms with E-state index < -0.39 is 6.23 Å². The minimum atomic E-state index is -0.835. The molecule has 1 heterocycles. The molecular weight excluding hydrogens is 402 g/mol. The van der Waals surface area contributed by atoms with Crippen LogP contribution in [0.15, 0.2) is 24.3 Å². The second-order valence-electron chi connectivity index (χ2n) is 9.12. The van der Waals surface area contributed by atoms with E-state index >= 15 is 0 Å². The highest BCUT2D eigenvalue weighted by atomic mass is 16.3. The molecule has 0 saturated heterocycles. The van der Waals surface area contributed by atoms with E-state index in [0.717, 1.165) is 22.9 Å². The number of nitrogens with zero attached hydrogens (tertiary/aromatic N) is 1. The van der Waals surface area contributed by atoms with Crippen molar-refractivity contribution in [1.82, 2.24) is 15.6 Å². The second-order valence-corrected chi connectivity index (χ2v) is 9.12. The quantitative estimate of drug-likeness (QED) is 0.191. The van der Waals surface area contributed by atoms with Gasteiger partial charge in [-0.05, 0) is 51.3 Å². The molecule has 3 unspecified atom stereocenters. The number of pyridine rings is 1. The molecule has 1 saturated carbocycles. The number of aryl methyl sites for hydroxylation is 1. The van der Waals surface area contributed by atoms with Gasteiger partial charge in [-0.3, -0.25) is 5.41 Å². The summed E-state index contributed by atoms with van der Waals surface area (Å²) >= 11 is 0. The molecule has 0 amide bonds. The van der Waals surface area contributed by atoms with Crippen molar-refractivity contribution >= 4 is 22.6 Å². The molecule has 32 heavy (non-hydrogen) atoms. The SMILES string of the molecule is CCC(NC1CCCCC1)C(CO)CNc1nc2ccc(C)cc2cc1C(=N)NC(C)O. The molecule has 0 aliphatic heterocycles. The van der Waals surface area contributed by atoms with Gasteiger partial charge in [0.25, 0.3) is 0 Å². The fourth-order valence-electron chi connectivity index (χ4n) is 4.63. The van der Waals surface area contributed by atoms with Crippen molar-refractivity contribution in [2.24, 2.45) is 5.92 Å². The van der Waals surface area contributed by atoms with Crippen LogP contribution in [0.2, 0.25) is 0 Å². The standard InChI is InChI=1S/C25H39N5O2/c1-4-22(29-20-8-6-5-7-9-20)19(15-31)14-27-25-21(24(26)28-17(3)32)13-18-12-16(2)10-11-23(18)30-25/h10-13,17,19-20,22,29,31-32H,4-9,14-15H2,1-3H3,(H2,26,28)(H,27,30). The Balaban J connectivity index is 1.80. The average molecular weight is 442 g/mol. The van der Waals surface area contributed by atoms with Crippen LogP contribution < -0.4 is 16.0 Å². The molecular formula is C25H39N5O2. The van der Waals surface area contributed by atoms with E-state index in [1.165, 1.54) is 32.1 Å². The molecule has 7 heteroatoms. The zero-order chi connectivity index (χ0) is 23.1. The summed E-state index contributed by atoms with van der Waals surface area (Å²) in [5.74, 6) is 0.737. The van der Waals surface area contributed by atoms with Gasteiger partial charge in [0.2, 0.25) is 0 Å². The molecule has 2 aromatic rings. The average Bonchev–Trinajstić information content (AvgIpc) is 2.78. The third-order valence-corrected chi connectivity index (χ3v) is 6.42. The Kier molecular flexibility index (Phi) is 8.84. The van der Waals surface area contributed by atoms with Gasteiger partial charge in [0.1, 0.15) is 17.9 Å². The number of nitrogens with one attached hydrogen (secondary N) is 4. The molecule has 3 atom stereocenters. The summed E-state index contributed by atoms with van der Waals surface area (Å²) in [6.45, 7) is 6.41. The minimum absolute atomic E-state index is 0.0317. The summed E-state index contributed by atoms with van der Waals surface area (Å²) in [6.07, 6.45) is 6.40. The van der Waals surface area contributed by atoms with Crippen molar-refractivity contribution in [2.75, 3.05) is 18.5 Å². The van der Waals surface area contributed by atoms with Crippen LogP contribution in [0, 0.1) is 18.3 Å². The lowest BCUT2D eigenvalue weighted by Gasteiger charge is -2.32. The highest BCUT2D eigenvalue weighted by Gasteiger charge is 2.24. The predicted octanol–water partition coefficient (Wildman–Crippen LogP) is 3.52. The summed E-state index contributed by atoms with van der Waals surface area (Å²) in [5, 5.41) is 39.2. The van der Waals surface area contributed by atoms with E-state index in [4.69, 9.17) is 10.4 Å². The number of aliphatic hydroxyl groups excluding tert-OH is 2. The molecule has 0 spiro atoms. The first-order valence-corrected chi connectivity index (χ1v) is 12.0. The Bertz CT molecular complexity index is 895. The third kappa shape index (κ3) is 6.40. The molecule has 0 radical (unpaired) electrons. The van der Waals surface area contributed by atoms with Gasteiger partial charge < -0.3 is 26.2 Å². The van der Waals surface area contributed by atoms with Crippen molar-refractivity contribution in [3.63, 3.8) is 0 Å². The summed E-state index contributed by atoms with van der Waals surface area (Å²) < 4.78 is 0. The summed E-state index contributed by atoms with van der Waals surface area (Å²) in [4.78, 5) is 4.78. The van der Waals surface area contributed by atoms with Gasteiger partial charge in [0.15, 0.2) is 0 Å². The topological polar surface area (TPSA) is 113 Å². The van der Waals surface area contributed by atoms with Crippen LogP contribution in [0.5, 0.6) is 0 Å². The van der Waals surface area contributed by atoms with Crippen LogP contribution in [0.1, 0.15) is 63.5 Å². The Morgan fingerprint density at radius 1 is 1.22 bits per heavy atom. The van der Waals surface area contributed by atoms with E-state index in [2.05, 4.69) is 22.9 Å². The molecule has 1 aliphatic carbocycles. The van der Waals surface area contributed by atoms with E-state index in [-0.39, 0.29) is 24.4 Å². The number of hydrogen-bond donors (Lipinski definition) is 6. The first-order chi connectivity index (χ1) is 15.4. The summed E-state index contributed by atoms with van der Waals surface area (Å²) in [6, 6.07) is 8.73. The molecule has 1 aliphatic rings. The number of benzene rings is 1. The van der Waals surface area contributed by atoms with Gasteiger partial charge in [0, 0.05) is 36.5 Å². The largest absolute Gasteiger partial charge is 0.396 e. The van der Waals surface area contributed by atoms with Crippen LogP contribution in [0.3, 0.4) is 0 Å². The zero-order valence-corrected chi connectivity index (χ0v) is 19.6. The van der Waals surface area contributed by atoms with Crippen molar-refractivity contribution in [1.29, 1.82) is 5.41 Å². The molecule has 3 rings (SSSR count). The van der Waals surface area contributed by atoms with E-state index in [1.807, 2.05) is 31.2 Å². The van der Waals surface area contributed by atoms with E-state index in [0.29, 0.717) is 24.0 Å². The number of anilines is 1. The first-order valence-electron chi connectivity index (χ1n) is 12.0. The Morgan fingerprint density at radius 3 is 2.62 bits per heavy atom. The van der Waals surface area contributed by atoms with Gasteiger partial charge in [-0.25, -0.2) is 4.98 Å². The molecule has 1 aromatic carbocycles. The Labute approximate surface area is 191 Å². The minimum Gasteiger partial charge on any atom is -0.396 e. The van der Waals surface area contributed by atoms with Gasteiger partial charge in [-0.15, -0.1) is 0 Å². The maximum absolute atomic E-state index is 10.1. The number of aromatic nitrogens is 1. The van der Waals surface area contributed by atoms with Gasteiger partial charge in [-0.2, -0.15) is 0 Å². The van der Waals surface area contributed by atoms with Crippen molar-refractivity contribution in [3.05, 3.63) is 35.4 Å². The Morgan fingerprint density at radius 2 is 1.97 bits per heavy atom. The molecule has 7 nitrogen and oxygen atoms in total. The van der Waals surface area contributed by atoms with Crippen LogP contribution >= 0.6 is 0 Å². The third-order valence-electron chi connectivity index (χ3n) is 6.42. The lowest BCUT2D eigenvalue weighted by molar-refractivity contribution is 0.180. The lowest BCUT2D eigenvalue weighted by atomic mass is 9.91. The number of fused-ring (bicyclic) bond motifs is 1. The number of rotatable bonds is 10. The normalized spacial score (nSPS) is 17.7. The predicted molar refractivity (Wildman–Crippen MR) is 131 cm³/mol. The van der Waals surface area contributed by atoms with E-state index in [9.17, 15) is 10.2 Å². The van der Waals surface area contributed by atoms with E-state index in [1.54, 1.807) is 6.92 Å². The maximum atomic E-state index is 10.1. The maximum Gasteiger partial charge on any atom is 0.137 e. The number of aliphatic hydroxyl groups is 2. The summed E-state index contributed by atoms with van der Waals surface area (Å²) in [5.41, 5.74) is 2.58. The number of hydrogen-bond acceptors (Lipinski definition) is 6. The van der Waals surface area contributed by atoms with Crippen LogP contribution in [-0.2, 0) is 0 Å². The van der Waals surface area contributed by atoms with Gasteiger partial charge in [-0.1, -0.05) is 37.8 Å². The van der Waals surface area contributed by atoms with Crippen LogP contribution in [0.4, 0.5) is 5.82 Å². The van der Waals surface area contributed by atoms with Crippen molar-refractivity contribution < 1.29 is 10.2 Å². The van der Waals surface area contributed by atoms with Gasteiger partial charge in [0.05, 0.1) is 11.1 Å². The smallest absolute Gasteiger partial charge is 0.137 e. The molecule has 0 bridgehead atoms. The highest BCUT2D eigenvalue weighted by molar-refractivity contribution is 6.03. The number of amidine groups is 1. The Hall–Kier alpha value is -2.22. The summed E-state index contributed by atoms with van der Waals surface area (Å²) in [7, 11) is 0. The fourth-order valence-corrected chi connectivity index (χ4v) is 4.63. The second kappa shape index (κ2) is 11.6. The monoisotopic (exact) mass is 441 g/mol. The molecule has 1 fully saturated rings. The zero-order valence-electron chi connectivity index (χ0n) is 19.6. The van der Waals surface area contributed by atoms with Crippen LogP contribution in [0.25, 0.3) is 10.9 Å². The van der Waals surface area contributed by atoms with Gasteiger partial charge >= 0.3 is 0 Å². The lowest BCUT2D eigenvalue weighted by Crippen LogP contribution is -2.46. The fraction of sp³-hybridized carbons (Fsp3) is 0.600. The van der Waals surface area contributed by atoms with Crippen LogP contribution in [-0.4, -0.2) is 52.5 Å². The first kappa shape index (κ1) is 24.4. The molecule has 176 valence electrons. The van der Waals surface area contributed by atoms with Crippen molar-refractivity contribution in [2.45, 2.75) is 77.6 Å². The van der Waals surface area contributed by atoms with Crippen molar-refractivity contribution in [3.8, 4) is 0 Å².